The number of rotatable bonds is 10. The Morgan fingerprint density at radius 1 is 1.17 bits per heavy atom. The zero-order valence-corrected chi connectivity index (χ0v) is 18.5. The van der Waals surface area contributed by atoms with Gasteiger partial charge in [-0.25, -0.2) is 0 Å². The molecule has 6 heteroatoms. The maximum atomic E-state index is 12.2. The fourth-order valence-electron chi connectivity index (χ4n) is 5.02. The molecule has 0 amide bonds. The third kappa shape index (κ3) is 6.27. The predicted molar refractivity (Wildman–Crippen MR) is 113 cm³/mol. The molecule has 2 aliphatic rings. The molecule has 0 saturated heterocycles. The maximum Gasteiger partial charge on any atom is 0.307 e. The molecule has 0 aliphatic heterocycles. The Balaban J connectivity index is 1.67. The van der Waals surface area contributed by atoms with Crippen molar-refractivity contribution in [1.82, 2.24) is 15.5 Å². The van der Waals surface area contributed by atoms with Crippen LogP contribution in [0.1, 0.15) is 109 Å². The first kappa shape index (κ1) is 22.3. The van der Waals surface area contributed by atoms with Gasteiger partial charge in [-0.3, -0.25) is 4.79 Å². The van der Waals surface area contributed by atoms with Crippen LogP contribution in [0.4, 0.5) is 0 Å². The van der Waals surface area contributed by atoms with Crippen molar-refractivity contribution in [1.29, 1.82) is 0 Å². The minimum Gasteiger partial charge on any atom is -0.481 e. The Morgan fingerprint density at radius 3 is 2.48 bits per heavy atom. The van der Waals surface area contributed by atoms with Gasteiger partial charge in [-0.2, -0.15) is 4.98 Å². The number of nitrogens with zero attached hydrogens (tertiary/aromatic N) is 2. The molecule has 1 heterocycles. The highest BCUT2D eigenvalue weighted by Crippen LogP contribution is 2.41. The molecule has 1 aromatic heterocycles. The monoisotopic (exact) mass is 405 g/mol. The summed E-state index contributed by atoms with van der Waals surface area (Å²) in [6.45, 7) is 6.58. The normalized spacial score (nSPS) is 20.9. The molecule has 29 heavy (non-hydrogen) atoms. The van der Waals surface area contributed by atoms with Crippen molar-refractivity contribution in [3.63, 3.8) is 0 Å². The fraction of sp³-hybridized carbons (Fsp3) is 0.870. The SMILES string of the molecule is CC(C)(C)C(C(=O)O)[C@@H](CCCC1CCCCC1)c1nc(CNC2CCC2)no1. The second-order valence-electron chi connectivity index (χ2n) is 10.3. The highest BCUT2D eigenvalue weighted by molar-refractivity contribution is 5.72. The highest BCUT2D eigenvalue weighted by Gasteiger charge is 2.41. The summed E-state index contributed by atoms with van der Waals surface area (Å²) >= 11 is 0. The van der Waals surface area contributed by atoms with Crippen LogP contribution in [0.5, 0.6) is 0 Å². The second kappa shape index (κ2) is 10.1. The number of aromatic nitrogens is 2. The molecule has 2 atom stereocenters. The number of carboxylic acid groups (broad SMARTS) is 1. The maximum absolute atomic E-state index is 12.2. The van der Waals surface area contributed by atoms with Gasteiger partial charge in [-0.1, -0.05) is 77.3 Å². The Labute approximate surface area is 175 Å². The molecule has 2 fully saturated rings. The zero-order chi connectivity index (χ0) is 20.9. The number of carbonyl (C=O) groups is 1. The summed E-state index contributed by atoms with van der Waals surface area (Å²) in [6.07, 6.45) is 13.4. The first-order valence-electron chi connectivity index (χ1n) is 11.6. The summed E-state index contributed by atoms with van der Waals surface area (Å²) in [6, 6.07) is 0.560. The van der Waals surface area contributed by atoms with Crippen LogP contribution >= 0.6 is 0 Å². The quantitative estimate of drug-likeness (QED) is 0.550. The molecule has 0 aromatic carbocycles. The molecular weight excluding hydrogens is 366 g/mol. The molecule has 1 unspecified atom stereocenters. The Bertz CT molecular complexity index is 642. The fourth-order valence-corrected chi connectivity index (χ4v) is 5.02. The Hall–Kier alpha value is -1.43. The first-order chi connectivity index (χ1) is 13.8. The van der Waals surface area contributed by atoms with E-state index in [-0.39, 0.29) is 11.3 Å². The minimum atomic E-state index is -0.771. The predicted octanol–water partition coefficient (Wildman–Crippen LogP) is 5.29. The zero-order valence-electron chi connectivity index (χ0n) is 18.5. The summed E-state index contributed by atoms with van der Waals surface area (Å²) in [5.41, 5.74) is -0.375. The summed E-state index contributed by atoms with van der Waals surface area (Å²) < 4.78 is 5.62. The number of carboxylic acids is 1. The van der Waals surface area contributed by atoms with Crippen molar-refractivity contribution < 1.29 is 14.4 Å². The van der Waals surface area contributed by atoms with Gasteiger partial charge in [0.1, 0.15) is 0 Å². The minimum absolute atomic E-state index is 0.235. The van der Waals surface area contributed by atoms with Crippen LogP contribution in [0.15, 0.2) is 4.52 Å². The van der Waals surface area contributed by atoms with Gasteiger partial charge >= 0.3 is 5.97 Å². The summed E-state index contributed by atoms with van der Waals surface area (Å²) in [4.78, 5) is 16.8. The largest absolute Gasteiger partial charge is 0.481 e. The topological polar surface area (TPSA) is 88.2 Å². The van der Waals surface area contributed by atoms with Crippen LogP contribution < -0.4 is 5.32 Å². The molecule has 2 aliphatic carbocycles. The number of aliphatic carboxylic acids is 1. The molecule has 164 valence electrons. The summed E-state index contributed by atoms with van der Waals surface area (Å²) in [5.74, 6) is 0.395. The van der Waals surface area contributed by atoms with Crippen LogP contribution in [0.3, 0.4) is 0 Å². The molecule has 0 spiro atoms. The lowest BCUT2D eigenvalue weighted by Crippen LogP contribution is -2.35. The Morgan fingerprint density at radius 2 is 1.90 bits per heavy atom. The van der Waals surface area contributed by atoms with Gasteiger partial charge in [0.15, 0.2) is 5.82 Å². The van der Waals surface area contributed by atoms with E-state index in [2.05, 4.69) is 15.5 Å². The van der Waals surface area contributed by atoms with Gasteiger partial charge in [0.05, 0.1) is 18.4 Å². The van der Waals surface area contributed by atoms with Gasteiger partial charge in [-0.15, -0.1) is 0 Å². The van der Waals surface area contributed by atoms with Crippen molar-refractivity contribution in [3.8, 4) is 0 Å². The van der Waals surface area contributed by atoms with E-state index >= 15 is 0 Å². The lowest BCUT2D eigenvalue weighted by atomic mass is 9.71. The van der Waals surface area contributed by atoms with Crippen LogP contribution in [0.2, 0.25) is 0 Å². The van der Waals surface area contributed by atoms with E-state index in [9.17, 15) is 9.90 Å². The summed E-state index contributed by atoms with van der Waals surface area (Å²) in [5, 5.41) is 17.6. The molecule has 2 saturated carbocycles. The third-order valence-corrected chi connectivity index (χ3v) is 6.91. The van der Waals surface area contributed by atoms with Crippen LogP contribution in [0, 0.1) is 17.3 Å². The summed E-state index contributed by atoms with van der Waals surface area (Å²) in [7, 11) is 0. The van der Waals surface area contributed by atoms with E-state index in [1.165, 1.54) is 57.8 Å². The van der Waals surface area contributed by atoms with E-state index in [4.69, 9.17) is 4.52 Å². The second-order valence-corrected chi connectivity index (χ2v) is 10.3. The standard InChI is InChI=1S/C23H39N3O3/c1-23(2,3)20(22(27)28)18(14-7-11-16-9-5-4-6-10-16)21-25-19(26-29-21)15-24-17-12-8-13-17/h16-18,20,24H,4-15H2,1-3H3,(H,27,28)/t18-,20?/m1/s1. The van der Waals surface area contributed by atoms with Crippen molar-refractivity contribution in [3.05, 3.63) is 11.7 Å². The van der Waals surface area contributed by atoms with Gasteiger partial charge in [0, 0.05) is 6.04 Å². The van der Waals surface area contributed by atoms with Crippen LogP contribution in [-0.2, 0) is 11.3 Å². The molecular formula is C23H39N3O3. The van der Waals surface area contributed by atoms with E-state index in [0.717, 1.165) is 18.8 Å². The number of hydrogen-bond donors (Lipinski definition) is 2. The van der Waals surface area contributed by atoms with E-state index in [1.807, 2.05) is 20.8 Å². The first-order valence-corrected chi connectivity index (χ1v) is 11.6. The van der Waals surface area contributed by atoms with Gasteiger partial charge in [0.25, 0.3) is 0 Å². The Kier molecular flexibility index (Phi) is 7.72. The lowest BCUT2D eigenvalue weighted by molar-refractivity contribution is -0.147. The van der Waals surface area contributed by atoms with E-state index in [1.54, 1.807) is 0 Å². The average Bonchev–Trinajstić information content (AvgIpc) is 3.07. The van der Waals surface area contributed by atoms with E-state index in [0.29, 0.717) is 24.3 Å². The molecule has 0 bridgehead atoms. The van der Waals surface area contributed by atoms with Crippen molar-refractivity contribution in [2.24, 2.45) is 17.3 Å². The number of hydrogen-bond acceptors (Lipinski definition) is 5. The van der Waals surface area contributed by atoms with Crippen molar-refractivity contribution in [2.75, 3.05) is 0 Å². The number of nitrogens with one attached hydrogen (secondary N) is 1. The molecule has 3 rings (SSSR count). The molecule has 1 aromatic rings. The van der Waals surface area contributed by atoms with Gasteiger partial charge < -0.3 is 14.9 Å². The van der Waals surface area contributed by atoms with Crippen LogP contribution in [-0.4, -0.2) is 27.3 Å². The molecule has 2 N–H and O–H groups in total. The third-order valence-electron chi connectivity index (χ3n) is 6.91. The van der Waals surface area contributed by atoms with E-state index < -0.39 is 11.9 Å². The molecule has 6 nitrogen and oxygen atoms in total. The highest BCUT2D eigenvalue weighted by atomic mass is 16.5. The van der Waals surface area contributed by atoms with Crippen LogP contribution in [0.25, 0.3) is 0 Å². The van der Waals surface area contributed by atoms with Crippen molar-refractivity contribution in [2.45, 2.75) is 110 Å². The average molecular weight is 406 g/mol. The van der Waals surface area contributed by atoms with Crippen molar-refractivity contribution >= 4 is 5.97 Å². The smallest absolute Gasteiger partial charge is 0.307 e. The van der Waals surface area contributed by atoms with Gasteiger partial charge in [0.2, 0.25) is 5.89 Å². The van der Waals surface area contributed by atoms with Gasteiger partial charge in [-0.05, 0) is 30.6 Å². The molecule has 0 radical (unpaired) electrons. The lowest BCUT2D eigenvalue weighted by Gasteiger charge is -2.32.